The third kappa shape index (κ3) is 4.89. The van der Waals surface area contributed by atoms with E-state index in [0.717, 1.165) is 16.7 Å². The summed E-state index contributed by atoms with van der Waals surface area (Å²) in [5.74, 6) is 0.0717. The van der Waals surface area contributed by atoms with Gasteiger partial charge in [0.05, 0.1) is 0 Å². The summed E-state index contributed by atoms with van der Waals surface area (Å²) in [6.45, 7) is 5.79. The number of rotatable bonds is 4. The number of halogens is 1. The molecule has 4 nitrogen and oxygen atoms in total. The summed E-state index contributed by atoms with van der Waals surface area (Å²) in [4.78, 5) is 27.0. The van der Waals surface area contributed by atoms with E-state index in [2.05, 4.69) is 5.32 Å². The van der Waals surface area contributed by atoms with Crippen molar-refractivity contribution in [2.24, 2.45) is 5.92 Å². The normalized spacial score (nSPS) is 14.9. The third-order valence-electron chi connectivity index (χ3n) is 5.29. The molecule has 0 unspecified atom stereocenters. The molecule has 1 N–H and O–H groups in total. The van der Waals surface area contributed by atoms with Gasteiger partial charge < -0.3 is 10.2 Å². The van der Waals surface area contributed by atoms with E-state index in [1.54, 1.807) is 0 Å². The number of nitrogens with one attached hydrogen (secondary N) is 1. The largest absolute Gasteiger partial charge is 0.352 e. The first kappa shape index (κ1) is 19.4. The van der Waals surface area contributed by atoms with Crippen molar-refractivity contribution in [2.75, 3.05) is 13.1 Å². The molecule has 3 rings (SSSR count). The Morgan fingerprint density at radius 1 is 1.04 bits per heavy atom. The Hall–Kier alpha value is -2.33. The van der Waals surface area contributed by atoms with Crippen molar-refractivity contribution in [1.82, 2.24) is 10.2 Å². The van der Waals surface area contributed by atoms with Crippen LogP contribution in [-0.4, -0.2) is 29.8 Å². The average molecular weight is 385 g/mol. The molecule has 1 aliphatic rings. The fourth-order valence-corrected chi connectivity index (χ4v) is 3.46. The minimum atomic E-state index is -0.0406. The zero-order valence-electron chi connectivity index (χ0n) is 15.8. The van der Waals surface area contributed by atoms with Gasteiger partial charge in [-0.25, -0.2) is 0 Å². The Balaban J connectivity index is 1.50. The number of carbonyl (C=O) groups is 2. The summed E-state index contributed by atoms with van der Waals surface area (Å²) < 4.78 is 0. The lowest BCUT2D eigenvalue weighted by Crippen LogP contribution is -2.42. The highest BCUT2D eigenvalue weighted by atomic mass is 35.5. The maximum absolute atomic E-state index is 12.7. The number of hydrogen-bond acceptors (Lipinski definition) is 2. The zero-order chi connectivity index (χ0) is 19.4. The summed E-state index contributed by atoms with van der Waals surface area (Å²) in [6.07, 6.45) is 1.39. The molecule has 5 heteroatoms. The SMILES string of the molecule is Cc1ccc(C(=O)N2CCC(C(=O)NCc3ccc(Cl)cc3)CC2)cc1C. The topological polar surface area (TPSA) is 49.4 Å². The number of hydrogen-bond donors (Lipinski definition) is 1. The lowest BCUT2D eigenvalue weighted by atomic mass is 9.95. The van der Waals surface area contributed by atoms with Crippen molar-refractivity contribution in [2.45, 2.75) is 33.2 Å². The van der Waals surface area contributed by atoms with Gasteiger partial charge in [0.1, 0.15) is 0 Å². The summed E-state index contributed by atoms with van der Waals surface area (Å²) in [5, 5.41) is 3.68. The number of carbonyl (C=O) groups excluding carboxylic acids is 2. The number of aryl methyl sites for hydroxylation is 2. The first-order chi connectivity index (χ1) is 12.9. The molecule has 0 aromatic heterocycles. The van der Waals surface area contributed by atoms with Gasteiger partial charge in [-0.3, -0.25) is 9.59 Å². The van der Waals surface area contributed by atoms with Gasteiger partial charge in [-0.2, -0.15) is 0 Å². The third-order valence-corrected chi connectivity index (χ3v) is 5.54. The van der Waals surface area contributed by atoms with E-state index < -0.39 is 0 Å². The van der Waals surface area contributed by atoms with E-state index in [1.165, 1.54) is 5.56 Å². The van der Waals surface area contributed by atoms with Crippen LogP contribution in [0.25, 0.3) is 0 Å². The predicted octanol–water partition coefficient (Wildman–Crippen LogP) is 4.13. The van der Waals surface area contributed by atoms with E-state index in [9.17, 15) is 9.59 Å². The maximum atomic E-state index is 12.7. The van der Waals surface area contributed by atoms with Crippen LogP contribution in [0.15, 0.2) is 42.5 Å². The Morgan fingerprint density at radius 3 is 2.33 bits per heavy atom. The van der Waals surface area contributed by atoms with Crippen molar-refractivity contribution in [3.05, 3.63) is 69.7 Å². The van der Waals surface area contributed by atoms with Crippen LogP contribution >= 0.6 is 11.6 Å². The van der Waals surface area contributed by atoms with Crippen LogP contribution < -0.4 is 5.32 Å². The van der Waals surface area contributed by atoms with Gasteiger partial charge >= 0.3 is 0 Å². The van der Waals surface area contributed by atoms with E-state index in [4.69, 9.17) is 11.6 Å². The lowest BCUT2D eigenvalue weighted by molar-refractivity contribution is -0.126. The molecule has 2 amide bonds. The van der Waals surface area contributed by atoms with E-state index >= 15 is 0 Å². The molecule has 2 aromatic rings. The molecule has 0 saturated carbocycles. The first-order valence-electron chi connectivity index (χ1n) is 9.32. The van der Waals surface area contributed by atoms with Crippen molar-refractivity contribution in [3.8, 4) is 0 Å². The zero-order valence-corrected chi connectivity index (χ0v) is 16.6. The molecule has 1 fully saturated rings. The second-order valence-corrected chi connectivity index (χ2v) is 7.65. The minimum absolute atomic E-state index is 0.0406. The van der Waals surface area contributed by atoms with Crippen LogP contribution in [0, 0.1) is 19.8 Å². The molecule has 0 aliphatic carbocycles. The van der Waals surface area contributed by atoms with Crippen LogP contribution in [-0.2, 0) is 11.3 Å². The van der Waals surface area contributed by atoms with Crippen molar-refractivity contribution in [3.63, 3.8) is 0 Å². The van der Waals surface area contributed by atoms with Crippen LogP contribution in [0.1, 0.15) is 39.9 Å². The monoisotopic (exact) mass is 384 g/mol. The van der Waals surface area contributed by atoms with Crippen molar-refractivity contribution >= 4 is 23.4 Å². The number of piperidine rings is 1. The molecule has 27 heavy (non-hydrogen) atoms. The van der Waals surface area contributed by atoms with Crippen molar-refractivity contribution < 1.29 is 9.59 Å². The Bertz CT molecular complexity index is 825. The highest BCUT2D eigenvalue weighted by molar-refractivity contribution is 6.30. The first-order valence-corrected chi connectivity index (χ1v) is 9.70. The fraction of sp³-hybridized carbons (Fsp3) is 0.364. The molecule has 1 heterocycles. The Labute approximate surface area is 165 Å². The molecule has 1 aliphatic heterocycles. The van der Waals surface area contributed by atoms with Crippen LogP contribution in [0.4, 0.5) is 0 Å². The van der Waals surface area contributed by atoms with Gasteiger partial charge in [0, 0.05) is 36.1 Å². The van der Waals surface area contributed by atoms with E-state index in [1.807, 2.05) is 61.2 Å². The average Bonchev–Trinajstić information content (AvgIpc) is 2.69. The highest BCUT2D eigenvalue weighted by Crippen LogP contribution is 2.20. The smallest absolute Gasteiger partial charge is 0.253 e. The lowest BCUT2D eigenvalue weighted by Gasteiger charge is -2.31. The number of amides is 2. The predicted molar refractivity (Wildman–Crippen MR) is 108 cm³/mol. The molecule has 0 bridgehead atoms. The molecule has 0 spiro atoms. The van der Waals surface area contributed by atoms with Gasteiger partial charge in [0.25, 0.3) is 5.91 Å². The summed E-state index contributed by atoms with van der Waals surface area (Å²) >= 11 is 5.88. The van der Waals surface area contributed by atoms with E-state index in [0.29, 0.717) is 37.5 Å². The second-order valence-electron chi connectivity index (χ2n) is 7.21. The maximum Gasteiger partial charge on any atom is 0.253 e. The molecule has 1 saturated heterocycles. The molecule has 2 aromatic carbocycles. The number of benzene rings is 2. The summed E-state index contributed by atoms with van der Waals surface area (Å²) in [7, 11) is 0. The summed E-state index contributed by atoms with van der Waals surface area (Å²) in [6, 6.07) is 13.3. The van der Waals surface area contributed by atoms with Gasteiger partial charge in [-0.1, -0.05) is 29.8 Å². The fourth-order valence-electron chi connectivity index (χ4n) is 3.34. The highest BCUT2D eigenvalue weighted by Gasteiger charge is 2.27. The van der Waals surface area contributed by atoms with Crippen molar-refractivity contribution in [1.29, 1.82) is 0 Å². The molecular weight excluding hydrogens is 360 g/mol. The van der Waals surface area contributed by atoms with Gasteiger partial charge in [0.2, 0.25) is 5.91 Å². The second kappa shape index (κ2) is 8.57. The molecular formula is C22H25ClN2O2. The number of likely N-dealkylation sites (tertiary alicyclic amines) is 1. The quantitative estimate of drug-likeness (QED) is 0.861. The van der Waals surface area contributed by atoms with Gasteiger partial charge in [-0.05, 0) is 67.6 Å². The van der Waals surface area contributed by atoms with Crippen LogP contribution in [0.3, 0.4) is 0 Å². The Morgan fingerprint density at radius 2 is 1.70 bits per heavy atom. The molecule has 0 atom stereocenters. The van der Waals surface area contributed by atoms with Gasteiger partial charge in [-0.15, -0.1) is 0 Å². The summed E-state index contributed by atoms with van der Waals surface area (Å²) in [5.41, 5.74) is 4.05. The minimum Gasteiger partial charge on any atom is -0.352 e. The van der Waals surface area contributed by atoms with Crippen LogP contribution in [0.5, 0.6) is 0 Å². The Kier molecular flexibility index (Phi) is 6.17. The number of nitrogens with zero attached hydrogens (tertiary/aromatic N) is 1. The molecule has 0 radical (unpaired) electrons. The van der Waals surface area contributed by atoms with Gasteiger partial charge in [0.15, 0.2) is 0 Å². The van der Waals surface area contributed by atoms with Crippen LogP contribution in [0.2, 0.25) is 5.02 Å². The van der Waals surface area contributed by atoms with E-state index in [-0.39, 0.29) is 17.7 Å². The molecule has 142 valence electrons. The standard InChI is InChI=1S/C22H25ClN2O2/c1-15-3-6-19(13-16(15)2)22(27)25-11-9-18(10-12-25)21(26)24-14-17-4-7-20(23)8-5-17/h3-8,13,18H,9-12,14H2,1-2H3,(H,24,26).